The molecule has 1 aliphatic carbocycles. The summed E-state index contributed by atoms with van der Waals surface area (Å²) in [4.78, 5) is 2.54. The number of nitrogens with one attached hydrogen (secondary N) is 1. The molecule has 1 fully saturated rings. The Morgan fingerprint density at radius 1 is 1.35 bits per heavy atom. The highest BCUT2D eigenvalue weighted by Gasteiger charge is 2.28. The lowest BCUT2D eigenvalue weighted by atomic mass is 9.78. The smallest absolute Gasteiger partial charge is 0.0105 e. The molecule has 0 amide bonds. The molecule has 1 saturated carbocycles. The molecule has 0 heterocycles. The minimum atomic E-state index is 0.741. The number of rotatable bonds is 6. The van der Waals surface area contributed by atoms with Crippen molar-refractivity contribution >= 4 is 0 Å². The van der Waals surface area contributed by atoms with Gasteiger partial charge in [-0.25, -0.2) is 0 Å². The first-order chi connectivity index (χ1) is 8.06. The third kappa shape index (κ3) is 4.97. The van der Waals surface area contributed by atoms with Crippen LogP contribution in [0.2, 0.25) is 0 Å². The largest absolute Gasteiger partial charge is 0.317 e. The van der Waals surface area contributed by atoms with Crippen LogP contribution in [-0.4, -0.2) is 38.1 Å². The third-order valence-corrected chi connectivity index (χ3v) is 4.48. The van der Waals surface area contributed by atoms with Crippen molar-refractivity contribution in [3.8, 4) is 0 Å². The predicted octanol–water partition coefficient (Wildman–Crippen LogP) is 2.99. The van der Waals surface area contributed by atoms with E-state index in [0.717, 1.165) is 23.8 Å². The molecule has 17 heavy (non-hydrogen) atoms. The Morgan fingerprint density at radius 2 is 2.06 bits per heavy atom. The molecule has 4 unspecified atom stereocenters. The van der Waals surface area contributed by atoms with Crippen molar-refractivity contribution in [1.29, 1.82) is 0 Å². The fraction of sp³-hybridized carbons (Fsp3) is 1.00. The zero-order chi connectivity index (χ0) is 12.8. The Balaban J connectivity index is 2.40. The highest BCUT2D eigenvalue weighted by molar-refractivity contribution is 4.84. The Bertz CT molecular complexity index is 205. The summed E-state index contributed by atoms with van der Waals surface area (Å²) in [7, 11) is 4.42. The van der Waals surface area contributed by atoms with Crippen LogP contribution in [0.15, 0.2) is 0 Å². The normalized spacial score (nSPS) is 31.8. The van der Waals surface area contributed by atoms with Crippen LogP contribution in [0.25, 0.3) is 0 Å². The fourth-order valence-corrected chi connectivity index (χ4v) is 3.22. The van der Waals surface area contributed by atoms with Crippen LogP contribution in [0.5, 0.6) is 0 Å². The second-order valence-electron chi connectivity index (χ2n) is 6.31. The van der Waals surface area contributed by atoms with Crippen LogP contribution < -0.4 is 5.32 Å². The van der Waals surface area contributed by atoms with Gasteiger partial charge in [-0.15, -0.1) is 0 Å². The molecule has 2 nitrogen and oxygen atoms in total. The van der Waals surface area contributed by atoms with Gasteiger partial charge >= 0.3 is 0 Å². The maximum atomic E-state index is 3.52. The fourth-order valence-electron chi connectivity index (χ4n) is 3.22. The molecule has 0 aliphatic heterocycles. The molecular weight excluding hydrogens is 208 g/mol. The van der Waals surface area contributed by atoms with Crippen LogP contribution in [0.3, 0.4) is 0 Å². The molecule has 2 heteroatoms. The van der Waals surface area contributed by atoms with Crippen LogP contribution in [0, 0.1) is 17.8 Å². The lowest BCUT2D eigenvalue weighted by molar-refractivity contribution is 0.155. The zero-order valence-corrected chi connectivity index (χ0v) is 12.5. The molecule has 0 saturated heterocycles. The van der Waals surface area contributed by atoms with Gasteiger partial charge in [0.1, 0.15) is 0 Å². The number of hydrogen-bond acceptors (Lipinski definition) is 2. The minimum Gasteiger partial charge on any atom is -0.317 e. The van der Waals surface area contributed by atoms with Crippen molar-refractivity contribution < 1.29 is 0 Å². The average molecular weight is 240 g/mol. The zero-order valence-electron chi connectivity index (χ0n) is 12.5. The monoisotopic (exact) mass is 240 g/mol. The Morgan fingerprint density at radius 3 is 2.65 bits per heavy atom. The van der Waals surface area contributed by atoms with Crippen molar-refractivity contribution in [2.75, 3.05) is 27.2 Å². The summed E-state index contributed by atoms with van der Waals surface area (Å²) < 4.78 is 0. The molecule has 0 radical (unpaired) electrons. The van der Waals surface area contributed by atoms with E-state index in [9.17, 15) is 0 Å². The van der Waals surface area contributed by atoms with Crippen LogP contribution in [-0.2, 0) is 0 Å². The van der Waals surface area contributed by atoms with Gasteiger partial charge in [-0.2, -0.15) is 0 Å². The van der Waals surface area contributed by atoms with Gasteiger partial charge in [0, 0.05) is 19.1 Å². The second kappa shape index (κ2) is 7.38. The quantitative estimate of drug-likeness (QED) is 0.768. The molecule has 1 aliphatic rings. The van der Waals surface area contributed by atoms with Crippen LogP contribution in [0.1, 0.15) is 46.5 Å². The lowest BCUT2D eigenvalue weighted by Gasteiger charge is -2.37. The number of hydrogen-bond donors (Lipinski definition) is 1. The van der Waals surface area contributed by atoms with Crippen molar-refractivity contribution in [3.05, 3.63) is 0 Å². The molecule has 1 N–H and O–H groups in total. The standard InChI is InChI=1S/C15H32N2/c1-6-12(2)10-17(5)11-14-9-13(3)7-8-15(14)16-4/h12-16H,6-11H2,1-5H3. The number of nitrogens with zero attached hydrogens (tertiary/aromatic N) is 1. The third-order valence-electron chi connectivity index (χ3n) is 4.48. The van der Waals surface area contributed by atoms with Crippen molar-refractivity contribution in [1.82, 2.24) is 10.2 Å². The van der Waals surface area contributed by atoms with Gasteiger partial charge in [0.25, 0.3) is 0 Å². The SMILES string of the molecule is CCC(C)CN(C)CC1CC(C)CCC1NC. The Hall–Kier alpha value is -0.0800. The molecule has 0 aromatic carbocycles. The molecule has 0 aromatic heterocycles. The van der Waals surface area contributed by atoms with Gasteiger partial charge in [0.2, 0.25) is 0 Å². The highest BCUT2D eigenvalue weighted by Crippen LogP contribution is 2.29. The Kier molecular flexibility index (Phi) is 6.50. The first-order valence-electron chi connectivity index (χ1n) is 7.42. The summed E-state index contributed by atoms with van der Waals surface area (Å²) in [5.41, 5.74) is 0. The van der Waals surface area contributed by atoms with Crippen LogP contribution >= 0.6 is 0 Å². The summed E-state index contributed by atoms with van der Waals surface area (Å²) in [6, 6.07) is 0.741. The summed E-state index contributed by atoms with van der Waals surface area (Å²) >= 11 is 0. The highest BCUT2D eigenvalue weighted by atomic mass is 15.1. The first kappa shape index (κ1) is 15.0. The average Bonchev–Trinajstić information content (AvgIpc) is 2.29. The first-order valence-corrected chi connectivity index (χ1v) is 7.42. The maximum Gasteiger partial charge on any atom is 0.0105 e. The van der Waals surface area contributed by atoms with E-state index in [2.05, 4.69) is 45.1 Å². The second-order valence-corrected chi connectivity index (χ2v) is 6.31. The van der Waals surface area contributed by atoms with Gasteiger partial charge < -0.3 is 10.2 Å². The molecule has 0 aromatic rings. The van der Waals surface area contributed by atoms with Crippen molar-refractivity contribution in [2.24, 2.45) is 17.8 Å². The van der Waals surface area contributed by atoms with E-state index in [1.165, 1.54) is 38.8 Å². The topological polar surface area (TPSA) is 15.3 Å². The molecule has 0 bridgehead atoms. The molecule has 4 atom stereocenters. The van der Waals surface area contributed by atoms with Gasteiger partial charge in [-0.3, -0.25) is 0 Å². The lowest BCUT2D eigenvalue weighted by Crippen LogP contribution is -2.44. The van der Waals surface area contributed by atoms with Crippen molar-refractivity contribution in [3.63, 3.8) is 0 Å². The summed E-state index contributed by atoms with van der Waals surface area (Å²) in [6.45, 7) is 9.57. The predicted molar refractivity (Wildman–Crippen MR) is 76.3 cm³/mol. The van der Waals surface area contributed by atoms with Gasteiger partial charge in [-0.1, -0.05) is 27.2 Å². The van der Waals surface area contributed by atoms with E-state index in [-0.39, 0.29) is 0 Å². The molecule has 102 valence electrons. The summed E-state index contributed by atoms with van der Waals surface area (Å²) in [6.07, 6.45) is 5.45. The molecule has 0 spiro atoms. The van der Waals surface area contributed by atoms with Crippen molar-refractivity contribution in [2.45, 2.75) is 52.5 Å². The summed E-state index contributed by atoms with van der Waals surface area (Å²) in [5.74, 6) is 2.59. The van der Waals surface area contributed by atoms with Gasteiger partial charge in [0.15, 0.2) is 0 Å². The summed E-state index contributed by atoms with van der Waals surface area (Å²) in [5, 5.41) is 3.52. The van der Waals surface area contributed by atoms with Gasteiger partial charge in [-0.05, 0) is 51.1 Å². The van der Waals surface area contributed by atoms with E-state index in [0.29, 0.717) is 0 Å². The van der Waals surface area contributed by atoms with E-state index in [1.54, 1.807) is 0 Å². The van der Waals surface area contributed by atoms with E-state index >= 15 is 0 Å². The van der Waals surface area contributed by atoms with E-state index < -0.39 is 0 Å². The van der Waals surface area contributed by atoms with Crippen LogP contribution in [0.4, 0.5) is 0 Å². The van der Waals surface area contributed by atoms with E-state index in [1.807, 2.05) is 0 Å². The van der Waals surface area contributed by atoms with Gasteiger partial charge in [0.05, 0.1) is 0 Å². The maximum absolute atomic E-state index is 3.52. The minimum absolute atomic E-state index is 0.741. The Labute approximate surface area is 108 Å². The molecule has 1 rings (SSSR count). The molecular formula is C15H32N2. The van der Waals surface area contributed by atoms with E-state index in [4.69, 9.17) is 0 Å².